The van der Waals surface area contributed by atoms with E-state index in [1.165, 1.54) is 10.7 Å². The van der Waals surface area contributed by atoms with E-state index in [-0.39, 0.29) is 37.4 Å². The molecule has 6 rings (SSSR count). The topological polar surface area (TPSA) is 83.3 Å². The average Bonchev–Trinajstić information content (AvgIpc) is 3.32. The molecule has 7 nitrogen and oxygen atoms in total. The molecule has 0 saturated carbocycles. The molecule has 0 spiro atoms. The van der Waals surface area contributed by atoms with Crippen molar-refractivity contribution in [2.45, 2.75) is 55.6 Å². The third-order valence-corrected chi connectivity index (χ3v) is 8.55. The molecule has 2 N–H and O–H groups in total. The molecule has 2 aliphatic rings. The van der Waals surface area contributed by atoms with Crippen LogP contribution in [0.4, 0.5) is 38.0 Å². The average molecular weight is 630 g/mol. The molecule has 0 bridgehead atoms. The van der Waals surface area contributed by atoms with Crippen LogP contribution in [0, 0.1) is 0 Å². The zero-order valence-corrected chi connectivity index (χ0v) is 23.8. The smallest absolute Gasteiger partial charge is 0.376 e. The number of carbonyl (C=O) groups is 1. The van der Waals surface area contributed by atoms with Crippen molar-refractivity contribution < 1.29 is 36.2 Å². The zero-order valence-electron chi connectivity index (χ0n) is 23.8. The lowest BCUT2D eigenvalue weighted by Crippen LogP contribution is -2.43. The van der Waals surface area contributed by atoms with E-state index in [2.05, 4.69) is 10.3 Å². The molecule has 4 heterocycles. The van der Waals surface area contributed by atoms with Crippen molar-refractivity contribution >= 4 is 17.5 Å². The fourth-order valence-corrected chi connectivity index (χ4v) is 6.22. The minimum Gasteiger partial charge on any atom is -0.376 e. The number of hydrogen-bond donors (Lipinski definition) is 2. The number of halogens is 6. The quantitative estimate of drug-likeness (QED) is 0.237. The number of pyridine rings is 1. The molecule has 1 saturated heterocycles. The van der Waals surface area contributed by atoms with Crippen molar-refractivity contribution in [3.8, 4) is 0 Å². The molecule has 1 fully saturated rings. The van der Waals surface area contributed by atoms with Crippen LogP contribution in [0.3, 0.4) is 0 Å². The van der Waals surface area contributed by atoms with Gasteiger partial charge in [-0.1, -0.05) is 60.7 Å². The second kappa shape index (κ2) is 11.5. The van der Waals surface area contributed by atoms with Crippen molar-refractivity contribution in [3.63, 3.8) is 0 Å². The van der Waals surface area contributed by atoms with Crippen LogP contribution in [-0.4, -0.2) is 45.0 Å². The van der Waals surface area contributed by atoms with Crippen LogP contribution in [-0.2, 0) is 16.6 Å². The Bertz CT molecular complexity index is 1610. The van der Waals surface area contributed by atoms with Crippen LogP contribution in [0.25, 0.3) is 0 Å². The lowest BCUT2D eigenvalue weighted by Gasteiger charge is -2.35. The van der Waals surface area contributed by atoms with Gasteiger partial charge in [0.05, 0.1) is 16.8 Å². The fourth-order valence-electron chi connectivity index (χ4n) is 6.22. The number of alkyl halides is 6. The van der Waals surface area contributed by atoms with Gasteiger partial charge in [-0.05, 0) is 42.5 Å². The zero-order chi connectivity index (χ0) is 32.0. The summed E-state index contributed by atoms with van der Waals surface area (Å²) in [5, 5.41) is 18.9. The predicted molar refractivity (Wildman–Crippen MR) is 154 cm³/mol. The summed E-state index contributed by atoms with van der Waals surface area (Å²) in [6.45, 7) is 0.560. The number of aliphatic hydroxyl groups is 1. The van der Waals surface area contributed by atoms with E-state index in [0.717, 1.165) is 12.3 Å². The summed E-state index contributed by atoms with van der Waals surface area (Å²) in [7, 11) is 0. The first-order valence-electron chi connectivity index (χ1n) is 14.5. The molecule has 0 radical (unpaired) electrons. The molecular weight excluding hydrogens is 600 g/mol. The first-order valence-corrected chi connectivity index (χ1v) is 14.5. The van der Waals surface area contributed by atoms with E-state index in [1.54, 1.807) is 29.2 Å². The number of benzene rings is 2. The SMILES string of the molecule is O=C1CCC(O)(C(F)(F)F)c2c(C3CCN(c4ccc(C(F)(F)F)cn4)CC3)nn(C(c3ccccc3)c3ccccc3)c2N1. The van der Waals surface area contributed by atoms with Gasteiger partial charge >= 0.3 is 12.4 Å². The summed E-state index contributed by atoms with van der Waals surface area (Å²) < 4.78 is 84.8. The number of fused-ring (bicyclic) bond motifs is 1. The summed E-state index contributed by atoms with van der Waals surface area (Å²) in [4.78, 5) is 18.6. The third-order valence-electron chi connectivity index (χ3n) is 8.55. The van der Waals surface area contributed by atoms with E-state index >= 15 is 0 Å². The number of nitrogens with zero attached hydrogens (tertiary/aromatic N) is 4. The molecule has 4 aromatic rings. The van der Waals surface area contributed by atoms with Crippen LogP contribution in [0.5, 0.6) is 0 Å². The van der Waals surface area contributed by atoms with Gasteiger partial charge in [-0.2, -0.15) is 31.4 Å². The van der Waals surface area contributed by atoms with Gasteiger partial charge in [0, 0.05) is 31.6 Å². The first-order chi connectivity index (χ1) is 21.4. The summed E-state index contributed by atoms with van der Waals surface area (Å²) in [5.74, 6) is -1.12. The Morgan fingerprint density at radius 2 is 1.49 bits per heavy atom. The minimum atomic E-state index is -5.11. The van der Waals surface area contributed by atoms with Crippen LogP contribution in [0.15, 0.2) is 79.0 Å². The van der Waals surface area contributed by atoms with E-state index in [4.69, 9.17) is 5.10 Å². The summed E-state index contributed by atoms with van der Waals surface area (Å²) in [6, 6.07) is 19.5. The number of anilines is 2. The standard InChI is InChI=1S/C32H29F6N5O2/c33-31(34,35)23-11-12-24(39-19-23)42-17-14-20(15-18-42)27-26-29(40-25(44)13-16-30(26,45)32(36,37)38)43(41-27)28(21-7-3-1-4-8-21)22-9-5-2-6-10-22/h1-12,19-20,28,45H,13-18H2,(H,40,44). The Morgan fingerprint density at radius 3 is 2.00 bits per heavy atom. The second-order valence-corrected chi connectivity index (χ2v) is 11.3. The van der Waals surface area contributed by atoms with Gasteiger partial charge in [0.2, 0.25) is 5.91 Å². The number of piperidine rings is 1. The maximum Gasteiger partial charge on any atom is 0.421 e. The normalized spacial score (nSPS) is 19.7. The van der Waals surface area contributed by atoms with Crippen LogP contribution >= 0.6 is 0 Å². The number of carbonyl (C=O) groups excluding carboxylic acids is 1. The van der Waals surface area contributed by atoms with Gasteiger partial charge in [0.15, 0.2) is 5.60 Å². The maximum absolute atomic E-state index is 14.8. The van der Waals surface area contributed by atoms with E-state index in [9.17, 15) is 36.2 Å². The molecule has 236 valence electrons. The highest BCUT2D eigenvalue weighted by Crippen LogP contribution is 2.51. The molecule has 45 heavy (non-hydrogen) atoms. The lowest BCUT2D eigenvalue weighted by atomic mass is 9.82. The van der Waals surface area contributed by atoms with E-state index in [1.807, 2.05) is 36.4 Å². The largest absolute Gasteiger partial charge is 0.421 e. The van der Waals surface area contributed by atoms with Crippen LogP contribution in [0.2, 0.25) is 0 Å². The molecule has 13 heteroatoms. The molecule has 0 aliphatic carbocycles. The molecule has 2 aromatic heterocycles. The molecule has 2 aromatic carbocycles. The number of amides is 1. The van der Waals surface area contributed by atoms with Crippen molar-refractivity contribution in [1.29, 1.82) is 0 Å². The molecule has 1 unspecified atom stereocenters. The summed E-state index contributed by atoms with van der Waals surface area (Å²) in [6.07, 6.45) is -9.74. The Kier molecular flexibility index (Phi) is 7.84. The van der Waals surface area contributed by atoms with Crippen LogP contribution < -0.4 is 10.2 Å². The first kappa shape index (κ1) is 30.6. The predicted octanol–water partition coefficient (Wildman–Crippen LogP) is 6.80. The Labute approximate surface area is 254 Å². The highest BCUT2D eigenvalue weighted by atomic mass is 19.4. The van der Waals surface area contributed by atoms with Crippen molar-refractivity contribution in [1.82, 2.24) is 14.8 Å². The van der Waals surface area contributed by atoms with E-state index < -0.39 is 59.8 Å². The molecule has 2 aliphatic heterocycles. The van der Waals surface area contributed by atoms with Gasteiger partial charge in [0.25, 0.3) is 0 Å². The van der Waals surface area contributed by atoms with Crippen LogP contribution in [0.1, 0.15) is 65.6 Å². The fraction of sp³-hybridized carbons (Fsp3) is 0.344. The third kappa shape index (κ3) is 5.76. The minimum absolute atomic E-state index is 0.0314. The van der Waals surface area contributed by atoms with Gasteiger partial charge in [-0.15, -0.1) is 0 Å². The van der Waals surface area contributed by atoms with Crippen molar-refractivity contribution in [3.05, 3.63) is 107 Å². The van der Waals surface area contributed by atoms with Gasteiger partial charge in [-0.3, -0.25) is 4.79 Å². The highest BCUT2D eigenvalue weighted by molar-refractivity contribution is 5.92. The van der Waals surface area contributed by atoms with Crippen molar-refractivity contribution in [2.75, 3.05) is 23.3 Å². The van der Waals surface area contributed by atoms with Gasteiger partial charge < -0.3 is 15.3 Å². The van der Waals surface area contributed by atoms with Gasteiger partial charge in [-0.25, -0.2) is 9.67 Å². The molecule has 1 atom stereocenters. The Morgan fingerprint density at radius 1 is 0.889 bits per heavy atom. The molecular formula is C32H29F6N5O2. The maximum atomic E-state index is 14.8. The number of aromatic nitrogens is 3. The second-order valence-electron chi connectivity index (χ2n) is 11.3. The number of hydrogen-bond acceptors (Lipinski definition) is 5. The number of rotatable bonds is 5. The lowest BCUT2D eigenvalue weighted by molar-refractivity contribution is -0.268. The Balaban J connectivity index is 1.45. The summed E-state index contributed by atoms with van der Waals surface area (Å²) >= 11 is 0. The van der Waals surface area contributed by atoms with Crippen molar-refractivity contribution in [2.24, 2.45) is 0 Å². The van der Waals surface area contributed by atoms with E-state index in [0.29, 0.717) is 16.9 Å². The monoisotopic (exact) mass is 629 g/mol. The highest BCUT2D eigenvalue weighted by Gasteiger charge is 2.59. The Hall–Kier alpha value is -4.39. The summed E-state index contributed by atoms with van der Waals surface area (Å²) in [5.41, 5.74) is -3.25. The van der Waals surface area contributed by atoms with Gasteiger partial charge in [0.1, 0.15) is 17.7 Å². The molecule has 1 amide bonds. The number of nitrogens with one attached hydrogen (secondary N) is 1.